The summed E-state index contributed by atoms with van der Waals surface area (Å²) in [5.74, 6) is -5.69. The van der Waals surface area contributed by atoms with Gasteiger partial charge >= 0.3 is 5.97 Å². The Morgan fingerprint density at radius 3 is 1.72 bits per heavy atom. The van der Waals surface area contributed by atoms with E-state index in [-0.39, 0.29) is 107 Å². The molecule has 382 valence electrons. The number of amides is 8. The van der Waals surface area contributed by atoms with Crippen molar-refractivity contribution < 1.29 is 73.5 Å². The second-order valence-electron chi connectivity index (χ2n) is 16.7. The third kappa shape index (κ3) is 25.0. The molecule has 1 atom stereocenters. The summed E-state index contributed by atoms with van der Waals surface area (Å²) in [4.78, 5) is 134. The van der Waals surface area contributed by atoms with E-state index in [1.54, 1.807) is 0 Å². The second kappa shape index (κ2) is 33.2. The Kier molecular flexibility index (Phi) is 28.2. The maximum absolute atomic E-state index is 12.8. The van der Waals surface area contributed by atoms with Crippen molar-refractivity contribution in [1.29, 1.82) is 0 Å². The molecule has 0 aromatic heterocycles. The first kappa shape index (κ1) is 58.7. The topological polar surface area (TPSA) is 318 Å². The van der Waals surface area contributed by atoms with Gasteiger partial charge in [-0.1, -0.05) is 25.0 Å². The predicted molar refractivity (Wildman–Crippen MR) is 245 cm³/mol. The van der Waals surface area contributed by atoms with Crippen LogP contribution in [0, 0.1) is 0 Å². The number of benzene rings is 1. The van der Waals surface area contributed by atoms with Gasteiger partial charge in [-0.25, -0.2) is 20.0 Å². The zero-order valence-corrected chi connectivity index (χ0v) is 39.5. The van der Waals surface area contributed by atoms with Gasteiger partial charge in [-0.3, -0.25) is 68.5 Å². The van der Waals surface area contributed by atoms with E-state index in [2.05, 4.69) is 16.0 Å². The summed E-state index contributed by atoms with van der Waals surface area (Å²) in [6, 6.07) is 4.73. The molecule has 0 aliphatic carbocycles. The molecule has 69 heavy (non-hydrogen) atoms. The second-order valence-corrected chi connectivity index (χ2v) is 16.7. The molecule has 0 saturated heterocycles. The van der Waals surface area contributed by atoms with Crippen LogP contribution >= 0.6 is 0 Å². The van der Waals surface area contributed by atoms with Crippen molar-refractivity contribution >= 4 is 64.8 Å². The van der Waals surface area contributed by atoms with Crippen molar-refractivity contribution in [3.8, 4) is 0 Å². The monoisotopic (exact) mass is 971 g/mol. The van der Waals surface area contributed by atoms with E-state index in [4.69, 9.17) is 0 Å². The minimum atomic E-state index is -1.26. The van der Waals surface area contributed by atoms with Gasteiger partial charge in [0.15, 0.2) is 5.78 Å². The third-order valence-electron chi connectivity index (χ3n) is 11.1. The van der Waals surface area contributed by atoms with Crippen LogP contribution in [-0.2, 0) is 43.2 Å². The standard InChI is InChI=1S/C47H69N7O15/c1-34(55)52(67)30-11-4-8-27-48-40(58)22-24-45(63)54(69)31-10-3-2-6-17-37(56)19-23-44(62)53(68)32-12-5-9-28-49-46(64)36-16-14-15-35(33-36)39(57)20-21-41(59)50-38(47(65)66)18-7-13-29-51-42(60)25-26-43(51)61/h14-16,25-26,33,38,67-69H,2-13,17-24,27-32H2,1H3,(H,48,58)(H,49,64)(H,50,59)(H,65,66)/t38-/m0/s1. The first-order valence-corrected chi connectivity index (χ1v) is 23.6. The molecule has 2 rings (SSSR count). The summed E-state index contributed by atoms with van der Waals surface area (Å²) in [5, 5.41) is 48.6. The molecule has 1 aliphatic heterocycles. The van der Waals surface area contributed by atoms with Gasteiger partial charge in [-0.05, 0) is 82.8 Å². The lowest BCUT2D eigenvalue weighted by Crippen LogP contribution is -2.41. The van der Waals surface area contributed by atoms with E-state index in [0.29, 0.717) is 98.8 Å². The minimum absolute atomic E-state index is 0.0244. The van der Waals surface area contributed by atoms with E-state index < -0.39 is 59.1 Å². The highest BCUT2D eigenvalue weighted by atomic mass is 16.5. The summed E-state index contributed by atoms with van der Waals surface area (Å²) < 4.78 is 0. The van der Waals surface area contributed by atoms with E-state index in [1.807, 2.05) is 0 Å². The van der Waals surface area contributed by atoms with Crippen molar-refractivity contribution in [2.24, 2.45) is 0 Å². The summed E-state index contributed by atoms with van der Waals surface area (Å²) in [7, 11) is 0. The van der Waals surface area contributed by atoms with Crippen LogP contribution in [0.25, 0.3) is 0 Å². The van der Waals surface area contributed by atoms with Crippen molar-refractivity contribution in [1.82, 2.24) is 36.0 Å². The van der Waals surface area contributed by atoms with Gasteiger partial charge in [-0.2, -0.15) is 0 Å². The summed E-state index contributed by atoms with van der Waals surface area (Å²) >= 11 is 0. The van der Waals surface area contributed by atoms with Gasteiger partial charge in [0.25, 0.3) is 17.7 Å². The van der Waals surface area contributed by atoms with Gasteiger partial charge in [0, 0.05) is 114 Å². The lowest BCUT2D eigenvalue weighted by molar-refractivity contribution is -0.166. The van der Waals surface area contributed by atoms with E-state index in [0.717, 1.165) is 17.1 Å². The Balaban J connectivity index is 1.51. The van der Waals surface area contributed by atoms with Crippen molar-refractivity contribution in [2.75, 3.05) is 39.3 Å². The van der Waals surface area contributed by atoms with E-state index in [9.17, 15) is 73.5 Å². The zero-order chi connectivity index (χ0) is 51.1. The highest BCUT2D eigenvalue weighted by Gasteiger charge is 2.24. The molecule has 0 spiro atoms. The number of aliphatic carboxylic acids is 1. The van der Waals surface area contributed by atoms with Gasteiger partial charge < -0.3 is 21.1 Å². The molecular formula is C47H69N7O15. The van der Waals surface area contributed by atoms with Crippen LogP contribution in [0.5, 0.6) is 0 Å². The lowest BCUT2D eigenvalue weighted by atomic mass is 10.0. The molecule has 7 N–H and O–H groups in total. The Morgan fingerprint density at radius 2 is 1.12 bits per heavy atom. The van der Waals surface area contributed by atoms with Crippen LogP contribution in [-0.4, -0.2) is 151 Å². The average Bonchev–Trinajstić information content (AvgIpc) is 3.65. The number of imide groups is 1. The fourth-order valence-electron chi connectivity index (χ4n) is 6.94. The number of ketones is 2. The summed E-state index contributed by atoms with van der Waals surface area (Å²) in [6.45, 7) is 2.39. The van der Waals surface area contributed by atoms with Crippen LogP contribution in [0.4, 0.5) is 0 Å². The molecule has 1 aliphatic rings. The fourth-order valence-corrected chi connectivity index (χ4v) is 6.94. The first-order chi connectivity index (χ1) is 32.9. The van der Waals surface area contributed by atoms with Crippen LogP contribution < -0.4 is 16.0 Å². The molecule has 8 amide bonds. The number of unbranched alkanes of at least 4 members (excludes halogenated alkanes) is 8. The molecule has 1 heterocycles. The molecule has 22 heteroatoms. The fraction of sp³-hybridized carbons (Fsp3) is 0.596. The van der Waals surface area contributed by atoms with Crippen LogP contribution in [0.1, 0.15) is 156 Å². The summed E-state index contributed by atoms with van der Waals surface area (Å²) in [5.41, 5.74) is 0.413. The molecule has 0 fully saturated rings. The number of hydrogen-bond donors (Lipinski definition) is 7. The quantitative estimate of drug-likeness (QED) is 0.0166. The number of nitrogens with zero attached hydrogens (tertiary/aromatic N) is 4. The number of carbonyl (C=O) groups excluding carboxylic acids is 10. The highest BCUT2D eigenvalue weighted by Crippen LogP contribution is 2.13. The molecule has 0 radical (unpaired) electrons. The van der Waals surface area contributed by atoms with Gasteiger partial charge in [0.1, 0.15) is 11.8 Å². The summed E-state index contributed by atoms with van der Waals surface area (Å²) in [6.07, 6.45) is 8.16. The highest BCUT2D eigenvalue weighted by molar-refractivity contribution is 6.12. The first-order valence-electron chi connectivity index (χ1n) is 23.6. The number of hydroxylamine groups is 6. The largest absolute Gasteiger partial charge is 0.480 e. The molecule has 0 bridgehead atoms. The van der Waals surface area contributed by atoms with Gasteiger partial charge in [-0.15, -0.1) is 0 Å². The number of carbonyl (C=O) groups is 11. The number of Topliss-reactive ketones (excluding diaryl/α,β-unsaturated/α-hetero) is 2. The molecule has 22 nitrogen and oxygen atoms in total. The number of carboxylic acids is 1. The predicted octanol–water partition coefficient (Wildman–Crippen LogP) is 3.25. The Hall–Kier alpha value is -6.39. The number of rotatable bonds is 37. The third-order valence-corrected chi connectivity index (χ3v) is 11.1. The van der Waals surface area contributed by atoms with Crippen molar-refractivity contribution in [2.45, 2.75) is 141 Å². The number of nitrogens with one attached hydrogen (secondary N) is 3. The van der Waals surface area contributed by atoms with Gasteiger partial charge in [0.05, 0.1) is 0 Å². The maximum Gasteiger partial charge on any atom is 0.326 e. The maximum atomic E-state index is 12.8. The van der Waals surface area contributed by atoms with Crippen molar-refractivity contribution in [3.05, 3.63) is 47.5 Å². The van der Waals surface area contributed by atoms with Crippen LogP contribution in [0.15, 0.2) is 36.4 Å². The Morgan fingerprint density at radius 1 is 0.580 bits per heavy atom. The molecule has 0 saturated carbocycles. The minimum Gasteiger partial charge on any atom is -0.480 e. The molecule has 1 aromatic rings. The molecule has 0 unspecified atom stereocenters. The SMILES string of the molecule is CC(=O)N(O)CCCCCNC(=O)CCC(=O)N(O)CCCCCCC(=O)CCC(=O)N(O)CCCCCNC(=O)c1cccc(C(=O)CCC(=O)N[C@@H](CCCCN2C(=O)C=CC2=O)C(=O)O)c1. The zero-order valence-electron chi connectivity index (χ0n) is 39.5. The van der Waals surface area contributed by atoms with E-state index >= 15 is 0 Å². The molecule has 1 aromatic carbocycles. The molecular weight excluding hydrogens is 903 g/mol. The van der Waals surface area contributed by atoms with Crippen molar-refractivity contribution in [3.63, 3.8) is 0 Å². The smallest absolute Gasteiger partial charge is 0.326 e. The Labute approximate surface area is 401 Å². The average molecular weight is 972 g/mol. The Bertz CT molecular complexity index is 1940. The normalized spacial score (nSPS) is 12.3. The lowest BCUT2D eigenvalue weighted by Gasteiger charge is -2.16. The van der Waals surface area contributed by atoms with Crippen LogP contribution in [0.3, 0.4) is 0 Å². The number of hydrogen-bond acceptors (Lipinski definition) is 14. The van der Waals surface area contributed by atoms with Gasteiger partial charge in [0.2, 0.25) is 29.5 Å². The number of carboxylic acid groups (broad SMARTS) is 1. The van der Waals surface area contributed by atoms with E-state index in [1.165, 1.54) is 31.2 Å². The van der Waals surface area contributed by atoms with Crippen LogP contribution in [0.2, 0.25) is 0 Å².